The lowest BCUT2D eigenvalue weighted by atomic mass is 10.3. The van der Waals surface area contributed by atoms with Crippen LogP contribution >= 0.6 is 0 Å². The summed E-state index contributed by atoms with van der Waals surface area (Å²) in [5, 5.41) is 13.1. The third-order valence-corrected chi connectivity index (χ3v) is 1.22. The topological polar surface area (TPSA) is 78.4 Å². The molecule has 0 bridgehead atoms. The molecule has 0 aromatic rings. The number of amides is 2. The lowest BCUT2D eigenvalue weighted by Gasteiger charge is -2.15. The molecule has 0 radical (unpaired) electrons. The molecule has 1 rings (SSSR count). The van der Waals surface area contributed by atoms with Gasteiger partial charge in [0.25, 0.3) is 5.91 Å². The van der Waals surface area contributed by atoms with Crippen LogP contribution in [0.5, 0.6) is 0 Å². The average molecular weight is 156 g/mol. The van der Waals surface area contributed by atoms with Crippen LogP contribution < -0.4 is 10.6 Å². The van der Waals surface area contributed by atoms with E-state index in [0.29, 0.717) is 0 Å². The molecule has 2 amide bonds. The third-order valence-electron chi connectivity index (χ3n) is 1.22. The van der Waals surface area contributed by atoms with Gasteiger partial charge >= 0.3 is 0 Å². The first kappa shape index (κ1) is 7.74. The van der Waals surface area contributed by atoms with Crippen molar-refractivity contribution < 1.29 is 14.7 Å². The van der Waals surface area contributed by atoms with Gasteiger partial charge in [0.1, 0.15) is 5.70 Å². The molecule has 0 saturated carbocycles. The standard InChI is InChI=1S/C6H8N2O3/c9-2-1-4-6(11)7-3-5(10)8-4/h1,9H,2-3H2,(H,7,11)(H,8,10)/b4-1-. The molecular formula is C6H8N2O3. The Morgan fingerprint density at radius 2 is 2.27 bits per heavy atom. The van der Waals surface area contributed by atoms with Gasteiger partial charge < -0.3 is 15.7 Å². The van der Waals surface area contributed by atoms with Crippen LogP contribution in [0.25, 0.3) is 0 Å². The number of rotatable bonds is 1. The van der Waals surface area contributed by atoms with E-state index in [1.54, 1.807) is 0 Å². The van der Waals surface area contributed by atoms with E-state index in [0.717, 1.165) is 0 Å². The van der Waals surface area contributed by atoms with Crippen LogP contribution in [-0.2, 0) is 9.59 Å². The second-order valence-electron chi connectivity index (χ2n) is 2.03. The Labute approximate surface area is 63.1 Å². The van der Waals surface area contributed by atoms with Crippen LogP contribution in [0, 0.1) is 0 Å². The number of hydrogen-bond acceptors (Lipinski definition) is 3. The van der Waals surface area contributed by atoms with E-state index in [2.05, 4.69) is 10.6 Å². The van der Waals surface area contributed by atoms with Gasteiger partial charge in [0, 0.05) is 0 Å². The third kappa shape index (κ3) is 1.78. The van der Waals surface area contributed by atoms with Crippen LogP contribution in [0.15, 0.2) is 11.8 Å². The fraction of sp³-hybridized carbons (Fsp3) is 0.333. The summed E-state index contributed by atoms with van der Waals surface area (Å²) in [5.41, 5.74) is 0.115. The van der Waals surface area contributed by atoms with Gasteiger partial charge in [-0.3, -0.25) is 9.59 Å². The lowest BCUT2D eigenvalue weighted by Crippen LogP contribution is -2.47. The number of carbonyl (C=O) groups is 2. The van der Waals surface area contributed by atoms with Crippen molar-refractivity contribution in [3.63, 3.8) is 0 Å². The van der Waals surface area contributed by atoms with Crippen LogP contribution in [0.2, 0.25) is 0 Å². The first-order chi connectivity index (χ1) is 5.24. The lowest BCUT2D eigenvalue weighted by molar-refractivity contribution is -0.128. The van der Waals surface area contributed by atoms with E-state index in [1.807, 2.05) is 0 Å². The molecule has 1 aliphatic heterocycles. The Morgan fingerprint density at radius 1 is 1.55 bits per heavy atom. The zero-order valence-corrected chi connectivity index (χ0v) is 5.76. The van der Waals surface area contributed by atoms with Gasteiger partial charge in [-0.15, -0.1) is 0 Å². The minimum atomic E-state index is -0.362. The van der Waals surface area contributed by atoms with Crippen LogP contribution in [0.1, 0.15) is 0 Å². The van der Waals surface area contributed by atoms with Gasteiger partial charge in [-0.2, -0.15) is 0 Å². The number of piperazine rings is 1. The summed E-state index contributed by atoms with van der Waals surface area (Å²) < 4.78 is 0. The van der Waals surface area contributed by atoms with Gasteiger partial charge in [0.2, 0.25) is 5.91 Å². The molecule has 0 atom stereocenters. The molecule has 0 aromatic heterocycles. The van der Waals surface area contributed by atoms with E-state index in [4.69, 9.17) is 5.11 Å². The maximum atomic E-state index is 10.8. The van der Waals surface area contributed by atoms with Crippen molar-refractivity contribution in [1.29, 1.82) is 0 Å². The number of aliphatic hydroxyl groups excluding tert-OH is 1. The first-order valence-electron chi connectivity index (χ1n) is 3.13. The normalized spacial score (nSPS) is 21.4. The highest BCUT2D eigenvalue weighted by atomic mass is 16.2. The van der Waals surface area contributed by atoms with E-state index < -0.39 is 0 Å². The molecule has 1 heterocycles. The zero-order valence-electron chi connectivity index (χ0n) is 5.76. The predicted molar refractivity (Wildman–Crippen MR) is 36.3 cm³/mol. The number of nitrogens with one attached hydrogen (secondary N) is 2. The minimum Gasteiger partial charge on any atom is -0.392 e. The maximum Gasteiger partial charge on any atom is 0.267 e. The van der Waals surface area contributed by atoms with E-state index in [-0.39, 0.29) is 30.7 Å². The van der Waals surface area contributed by atoms with Crippen molar-refractivity contribution in [1.82, 2.24) is 10.6 Å². The number of hydrogen-bond donors (Lipinski definition) is 3. The SMILES string of the molecule is O=C1CNC(=O)/C(=C/CO)N1. The van der Waals surface area contributed by atoms with Crippen molar-refractivity contribution in [2.75, 3.05) is 13.2 Å². The summed E-state index contributed by atoms with van der Waals surface area (Å²) in [7, 11) is 0. The van der Waals surface area contributed by atoms with Crippen LogP contribution in [0.4, 0.5) is 0 Å². The van der Waals surface area contributed by atoms with E-state index in [1.165, 1.54) is 6.08 Å². The predicted octanol–water partition coefficient (Wildman–Crippen LogP) is -1.89. The van der Waals surface area contributed by atoms with Crippen molar-refractivity contribution in [2.45, 2.75) is 0 Å². The highest BCUT2D eigenvalue weighted by molar-refractivity contribution is 6.02. The summed E-state index contributed by atoms with van der Waals surface area (Å²) >= 11 is 0. The molecule has 1 aliphatic rings. The second kappa shape index (κ2) is 3.16. The monoisotopic (exact) mass is 156 g/mol. The van der Waals surface area contributed by atoms with Crippen molar-refractivity contribution in [3.8, 4) is 0 Å². The van der Waals surface area contributed by atoms with E-state index >= 15 is 0 Å². The molecule has 5 heteroatoms. The fourth-order valence-corrected chi connectivity index (χ4v) is 0.742. The molecule has 0 spiro atoms. The molecule has 60 valence electrons. The Hall–Kier alpha value is -1.36. The van der Waals surface area contributed by atoms with E-state index in [9.17, 15) is 9.59 Å². The molecule has 0 aliphatic carbocycles. The summed E-state index contributed by atoms with van der Waals surface area (Å²) in [5.74, 6) is -0.636. The Kier molecular flexibility index (Phi) is 2.22. The minimum absolute atomic E-state index is 0.00159. The maximum absolute atomic E-state index is 10.8. The smallest absolute Gasteiger partial charge is 0.267 e. The van der Waals surface area contributed by atoms with Crippen LogP contribution in [-0.4, -0.2) is 30.1 Å². The van der Waals surface area contributed by atoms with Gasteiger partial charge in [-0.1, -0.05) is 0 Å². The van der Waals surface area contributed by atoms with Crippen molar-refractivity contribution in [2.24, 2.45) is 0 Å². The molecule has 0 aromatic carbocycles. The number of carbonyl (C=O) groups excluding carboxylic acids is 2. The van der Waals surface area contributed by atoms with Gasteiger partial charge in [0.15, 0.2) is 0 Å². The van der Waals surface area contributed by atoms with Gasteiger partial charge in [-0.05, 0) is 6.08 Å². The molecule has 11 heavy (non-hydrogen) atoms. The molecule has 3 N–H and O–H groups in total. The fourth-order valence-electron chi connectivity index (χ4n) is 0.742. The summed E-state index contributed by atoms with van der Waals surface area (Å²) in [6, 6.07) is 0. The van der Waals surface area contributed by atoms with Gasteiger partial charge in [-0.25, -0.2) is 0 Å². The summed E-state index contributed by atoms with van der Waals surface area (Å²) in [4.78, 5) is 21.5. The average Bonchev–Trinajstić information content (AvgIpc) is 1.98. The highest BCUT2D eigenvalue weighted by Crippen LogP contribution is 1.93. The molecule has 1 fully saturated rings. The molecular weight excluding hydrogens is 148 g/mol. The second-order valence-corrected chi connectivity index (χ2v) is 2.03. The zero-order chi connectivity index (χ0) is 8.27. The van der Waals surface area contributed by atoms with Crippen molar-refractivity contribution in [3.05, 3.63) is 11.8 Å². The Balaban J connectivity index is 2.69. The first-order valence-corrected chi connectivity index (χ1v) is 3.13. The largest absolute Gasteiger partial charge is 0.392 e. The number of aliphatic hydroxyl groups is 1. The highest BCUT2D eigenvalue weighted by Gasteiger charge is 2.18. The van der Waals surface area contributed by atoms with Crippen LogP contribution in [0.3, 0.4) is 0 Å². The summed E-state index contributed by atoms with van der Waals surface area (Å²) in [6.45, 7) is -0.259. The Morgan fingerprint density at radius 3 is 2.91 bits per heavy atom. The summed E-state index contributed by atoms with van der Waals surface area (Å²) in [6.07, 6.45) is 1.24. The molecule has 0 unspecified atom stereocenters. The molecule has 1 saturated heterocycles. The van der Waals surface area contributed by atoms with Gasteiger partial charge in [0.05, 0.1) is 13.2 Å². The Bertz CT molecular complexity index is 222. The molecule has 5 nitrogen and oxygen atoms in total. The van der Waals surface area contributed by atoms with Crippen molar-refractivity contribution >= 4 is 11.8 Å². The quantitative estimate of drug-likeness (QED) is 0.388.